The number of benzene rings is 2. The maximum absolute atomic E-state index is 10.7. The number of hydrogen-bond donors (Lipinski definition) is 1. The quantitative estimate of drug-likeness (QED) is 0.469. The number of nitro groups is 1. The van der Waals surface area contributed by atoms with E-state index in [2.05, 4.69) is 11.9 Å². The Kier molecular flexibility index (Phi) is 5.14. The molecular formula is C17H18N2O3. The van der Waals surface area contributed by atoms with Crippen LogP contribution in [0.25, 0.3) is 0 Å². The number of ether oxygens (including phenoxy) is 1. The zero-order valence-corrected chi connectivity index (χ0v) is 12.4. The van der Waals surface area contributed by atoms with Crippen molar-refractivity contribution in [1.82, 2.24) is 0 Å². The van der Waals surface area contributed by atoms with Gasteiger partial charge in [-0.1, -0.05) is 18.2 Å². The van der Waals surface area contributed by atoms with Gasteiger partial charge in [0.15, 0.2) is 0 Å². The molecule has 0 heterocycles. The third kappa shape index (κ3) is 3.85. The van der Waals surface area contributed by atoms with E-state index in [4.69, 9.17) is 4.74 Å². The molecule has 1 atom stereocenters. The van der Waals surface area contributed by atoms with Gasteiger partial charge in [-0.2, -0.15) is 0 Å². The molecule has 22 heavy (non-hydrogen) atoms. The summed E-state index contributed by atoms with van der Waals surface area (Å²) in [6, 6.07) is 14.2. The van der Waals surface area contributed by atoms with Crippen LogP contribution in [-0.4, -0.2) is 12.0 Å². The number of non-ortho nitro benzene ring substituents is 1. The number of nitrogens with zero attached hydrogens (tertiary/aromatic N) is 1. The van der Waals surface area contributed by atoms with Gasteiger partial charge in [0.05, 0.1) is 18.1 Å². The van der Waals surface area contributed by atoms with Crippen LogP contribution in [0.1, 0.15) is 18.0 Å². The molecule has 2 aromatic carbocycles. The van der Waals surface area contributed by atoms with E-state index < -0.39 is 4.92 Å². The molecule has 0 aliphatic rings. The molecule has 0 saturated carbocycles. The molecule has 0 aliphatic heterocycles. The molecule has 0 amide bonds. The van der Waals surface area contributed by atoms with Crippen molar-refractivity contribution in [2.24, 2.45) is 0 Å². The molecule has 0 fully saturated rings. The van der Waals surface area contributed by atoms with Gasteiger partial charge in [0, 0.05) is 17.8 Å². The first-order valence-corrected chi connectivity index (χ1v) is 6.90. The number of rotatable bonds is 7. The van der Waals surface area contributed by atoms with E-state index in [1.165, 1.54) is 12.1 Å². The van der Waals surface area contributed by atoms with Crippen LogP contribution in [0.5, 0.6) is 5.75 Å². The van der Waals surface area contributed by atoms with Gasteiger partial charge in [-0.15, -0.1) is 6.58 Å². The Morgan fingerprint density at radius 2 is 1.86 bits per heavy atom. The van der Waals surface area contributed by atoms with Crippen molar-refractivity contribution in [2.45, 2.75) is 12.5 Å². The van der Waals surface area contributed by atoms with Crippen LogP contribution >= 0.6 is 0 Å². The minimum atomic E-state index is -0.400. The fourth-order valence-corrected chi connectivity index (χ4v) is 2.16. The molecule has 2 rings (SSSR count). The molecule has 2 aromatic rings. The second kappa shape index (κ2) is 7.26. The topological polar surface area (TPSA) is 64.4 Å². The van der Waals surface area contributed by atoms with E-state index in [-0.39, 0.29) is 11.7 Å². The highest BCUT2D eigenvalue weighted by molar-refractivity contribution is 5.49. The van der Waals surface area contributed by atoms with Crippen LogP contribution in [0.3, 0.4) is 0 Å². The Hall–Kier alpha value is -2.82. The minimum Gasteiger partial charge on any atom is -0.497 e. The molecule has 0 saturated heterocycles. The molecule has 0 radical (unpaired) electrons. The Morgan fingerprint density at radius 3 is 2.36 bits per heavy atom. The summed E-state index contributed by atoms with van der Waals surface area (Å²) in [5.41, 5.74) is 2.01. The second-order valence-electron chi connectivity index (χ2n) is 4.80. The smallest absolute Gasteiger partial charge is 0.269 e. The van der Waals surface area contributed by atoms with Gasteiger partial charge in [0.1, 0.15) is 5.75 Å². The van der Waals surface area contributed by atoms with Gasteiger partial charge in [0.25, 0.3) is 5.69 Å². The standard InChI is InChI=1S/C17H18N2O3/c1-3-4-17(13-5-9-15(10-6-13)19(20)21)18-14-7-11-16(22-2)12-8-14/h3,5-12,17-18H,1,4H2,2H3/t17-/m0/s1. The fourth-order valence-electron chi connectivity index (χ4n) is 2.16. The van der Waals surface area contributed by atoms with E-state index in [0.29, 0.717) is 6.42 Å². The highest BCUT2D eigenvalue weighted by Gasteiger charge is 2.12. The third-order valence-corrected chi connectivity index (χ3v) is 3.34. The van der Waals surface area contributed by atoms with E-state index in [1.54, 1.807) is 19.2 Å². The van der Waals surface area contributed by atoms with Gasteiger partial charge in [-0.25, -0.2) is 0 Å². The van der Waals surface area contributed by atoms with Crippen LogP contribution in [-0.2, 0) is 0 Å². The van der Waals surface area contributed by atoms with Gasteiger partial charge in [-0.05, 0) is 36.2 Å². The number of hydrogen-bond acceptors (Lipinski definition) is 4. The normalized spacial score (nSPS) is 11.5. The van der Waals surface area contributed by atoms with Crippen LogP contribution in [0.2, 0.25) is 0 Å². The first kappa shape index (κ1) is 15.6. The average Bonchev–Trinajstić information content (AvgIpc) is 2.55. The molecule has 5 heteroatoms. The number of methoxy groups -OCH3 is 1. The molecule has 114 valence electrons. The summed E-state index contributed by atoms with van der Waals surface area (Å²) in [4.78, 5) is 10.3. The fraction of sp³-hybridized carbons (Fsp3) is 0.176. The molecule has 0 aliphatic carbocycles. The lowest BCUT2D eigenvalue weighted by atomic mass is 10.0. The lowest BCUT2D eigenvalue weighted by Gasteiger charge is -2.19. The monoisotopic (exact) mass is 298 g/mol. The first-order valence-electron chi connectivity index (χ1n) is 6.90. The van der Waals surface area contributed by atoms with Crippen LogP contribution < -0.4 is 10.1 Å². The molecule has 0 unspecified atom stereocenters. The molecular weight excluding hydrogens is 280 g/mol. The number of nitrogens with one attached hydrogen (secondary N) is 1. The number of anilines is 1. The Bertz CT molecular complexity index is 636. The minimum absolute atomic E-state index is 0.00620. The zero-order valence-electron chi connectivity index (χ0n) is 12.4. The van der Waals surface area contributed by atoms with Gasteiger partial charge in [0.2, 0.25) is 0 Å². The van der Waals surface area contributed by atoms with Crippen molar-refractivity contribution >= 4 is 11.4 Å². The van der Waals surface area contributed by atoms with E-state index in [0.717, 1.165) is 17.0 Å². The molecule has 0 bridgehead atoms. The summed E-state index contributed by atoms with van der Waals surface area (Å²) >= 11 is 0. The van der Waals surface area contributed by atoms with Crippen molar-refractivity contribution in [1.29, 1.82) is 0 Å². The SMILES string of the molecule is C=CC[C@H](Nc1ccc(OC)cc1)c1ccc([N+](=O)[O-])cc1. The second-order valence-corrected chi connectivity index (χ2v) is 4.80. The van der Waals surface area contributed by atoms with Gasteiger partial charge < -0.3 is 10.1 Å². The van der Waals surface area contributed by atoms with Crippen molar-refractivity contribution in [3.8, 4) is 5.75 Å². The van der Waals surface area contributed by atoms with Gasteiger partial charge >= 0.3 is 0 Å². The summed E-state index contributed by atoms with van der Waals surface area (Å²) in [5, 5.41) is 14.1. The first-order chi connectivity index (χ1) is 10.6. The lowest BCUT2D eigenvalue weighted by Crippen LogP contribution is -2.10. The zero-order chi connectivity index (χ0) is 15.9. The molecule has 0 aromatic heterocycles. The molecule has 0 spiro atoms. The van der Waals surface area contributed by atoms with E-state index in [1.807, 2.05) is 30.3 Å². The van der Waals surface area contributed by atoms with Crippen molar-refractivity contribution in [3.63, 3.8) is 0 Å². The lowest BCUT2D eigenvalue weighted by molar-refractivity contribution is -0.384. The van der Waals surface area contributed by atoms with Crippen LogP contribution in [0.4, 0.5) is 11.4 Å². The average molecular weight is 298 g/mol. The molecule has 1 N–H and O–H groups in total. The highest BCUT2D eigenvalue weighted by Crippen LogP contribution is 2.26. The Morgan fingerprint density at radius 1 is 1.23 bits per heavy atom. The molecule has 5 nitrogen and oxygen atoms in total. The summed E-state index contributed by atoms with van der Waals surface area (Å²) < 4.78 is 5.13. The highest BCUT2D eigenvalue weighted by atomic mass is 16.6. The largest absolute Gasteiger partial charge is 0.497 e. The van der Waals surface area contributed by atoms with Crippen LogP contribution in [0.15, 0.2) is 61.2 Å². The maximum Gasteiger partial charge on any atom is 0.269 e. The van der Waals surface area contributed by atoms with E-state index >= 15 is 0 Å². The van der Waals surface area contributed by atoms with Crippen molar-refractivity contribution in [3.05, 3.63) is 76.9 Å². The Balaban J connectivity index is 2.17. The Labute approximate surface area is 129 Å². The summed E-state index contributed by atoms with van der Waals surface area (Å²) in [6.07, 6.45) is 2.53. The summed E-state index contributed by atoms with van der Waals surface area (Å²) in [6.45, 7) is 3.77. The third-order valence-electron chi connectivity index (χ3n) is 3.34. The van der Waals surface area contributed by atoms with Crippen molar-refractivity contribution < 1.29 is 9.66 Å². The summed E-state index contributed by atoms with van der Waals surface area (Å²) in [5.74, 6) is 0.793. The maximum atomic E-state index is 10.7. The van der Waals surface area contributed by atoms with Crippen LogP contribution in [0, 0.1) is 10.1 Å². The van der Waals surface area contributed by atoms with Crippen molar-refractivity contribution in [2.75, 3.05) is 12.4 Å². The predicted molar refractivity (Wildman–Crippen MR) is 87.3 cm³/mol. The summed E-state index contributed by atoms with van der Waals surface area (Å²) in [7, 11) is 1.62. The number of nitro benzene ring substituents is 1. The van der Waals surface area contributed by atoms with E-state index in [9.17, 15) is 10.1 Å². The predicted octanol–water partition coefficient (Wildman–Crippen LogP) is 4.33. The van der Waals surface area contributed by atoms with Gasteiger partial charge in [-0.3, -0.25) is 10.1 Å².